The Labute approximate surface area is 139 Å². The Kier molecular flexibility index (Phi) is 5.42. The van der Waals surface area contributed by atoms with Crippen molar-refractivity contribution in [3.05, 3.63) is 29.8 Å². The lowest BCUT2D eigenvalue weighted by molar-refractivity contribution is -0.134. The van der Waals surface area contributed by atoms with E-state index in [2.05, 4.69) is 5.32 Å². The van der Waals surface area contributed by atoms with E-state index < -0.39 is 18.2 Å². The number of urea groups is 1. The third-order valence-corrected chi connectivity index (χ3v) is 4.20. The molecular weight excluding hydrogens is 321 g/mol. The third kappa shape index (κ3) is 5.12. The van der Waals surface area contributed by atoms with E-state index in [0.29, 0.717) is 17.8 Å². The van der Waals surface area contributed by atoms with Crippen LogP contribution in [0.25, 0.3) is 0 Å². The minimum Gasteiger partial charge on any atom is -0.388 e. The van der Waals surface area contributed by atoms with Crippen LogP contribution in [0.15, 0.2) is 24.3 Å². The summed E-state index contributed by atoms with van der Waals surface area (Å²) in [4.78, 5) is 14.0. The summed E-state index contributed by atoms with van der Waals surface area (Å²) in [6, 6.07) is 5.82. The molecule has 0 bridgehead atoms. The Morgan fingerprint density at radius 3 is 2.71 bits per heavy atom. The largest absolute Gasteiger partial charge is 0.389 e. The van der Waals surface area contributed by atoms with Gasteiger partial charge in [0.05, 0.1) is 11.6 Å². The van der Waals surface area contributed by atoms with E-state index in [1.165, 1.54) is 0 Å². The number of benzene rings is 1. The number of rotatable bonds is 4. The van der Waals surface area contributed by atoms with Crippen LogP contribution in [0.1, 0.15) is 38.7 Å². The van der Waals surface area contributed by atoms with Gasteiger partial charge in [0.2, 0.25) is 0 Å². The summed E-state index contributed by atoms with van der Waals surface area (Å²) >= 11 is 0. The molecule has 0 saturated carbocycles. The summed E-state index contributed by atoms with van der Waals surface area (Å²) in [6.07, 6.45) is -3.68. The fourth-order valence-corrected chi connectivity index (χ4v) is 3.03. The fraction of sp³-hybridized carbons (Fsp3) is 0.588. The zero-order valence-corrected chi connectivity index (χ0v) is 13.9. The van der Waals surface area contributed by atoms with Gasteiger partial charge in [0.15, 0.2) is 0 Å². The van der Waals surface area contributed by atoms with Gasteiger partial charge in [0.1, 0.15) is 0 Å². The van der Waals surface area contributed by atoms with E-state index in [1.807, 2.05) is 0 Å². The number of nitrogens with zero attached hydrogens (tertiary/aromatic N) is 1. The van der Waals surface area contributed by atoms with Crippen molar-refractivity contribution in [3.63, 3.8) is 0 Å². The molecule has 4 nitrogen and oxygen atoms in total. The first kappa shape index (κ1) is 18.6. The summed E-state index contributed by atoms with van der Waals surface area (Å²) in [5.41, 5.74) is -0.0192. The van der Waals surface area contributed by atoms with Gasteiger partial charge in [0, 0.05) is 18.7 Å². The van der Waals surface area contributed by atoms with Crippen LogP contribution < -0.4 is 5.32 Å². The minimum absolute atomic E-state index is 0.122. The van der Waals surface area contributed by atoms with Gasteiger partial charge in [-0.2, -0.15) is 13.2 Å². The van der Waals surface area contributed by atoms with Crippen LogP contribution in [0.4, 0.5) is 23.7 Å². The first-order valence-electron chi connectivity index (χ1n) is 8.02. The molecule has 1 aliphatic rings. The monoisotopic (exact) mass is 344 g/mol. The Balaban J connectivity index is 2.01. The van der Waals surface area contributed by atoms with E-state index >= 15 is 0 Å². The van der Waals surface area contributed by atoms with Gasteiger partial charge >= 0.3 is 12.2 Å². The van der Waals surface area contributed by atoms with Gasteiger partial charge < -0.3 is 15.3 Å². The van der Waals surface area contributed by atoms with Gasteiger partial charge in [-0.15, -0.1) is 0 Å². The number of hydrogen-bond donors (Lipinski definition) is 2. The van der Waals surface area contributed by atoms with Gasteiger partial charge in [-0.3, -0.25) is 0 Å². The number of halogens is 3. The fourth-order valence-electron chi connectivity index (χ4n) is 3.03. The molecule has 0 aliphatic carbocycles. The predicted octanol–water partition coefficient (Wildman–Crippen LogP) is 3.95. The first-order valence-corrected chi connectivity index (χ1v) is 8.02. The normalized spacial score (nSPS) is 18.8. The SMILES string of the molecule is CC(C)(O)C1CCCN1C(=O)Nc1cccc(CCC(F)(F)F)c1. The number of alkyl halides is 3. The van der Waals surface area contributed by atoms with E-state index in [-0.39, 0.29) is 18.5 Å². The van der Waals surface area contributed by atoms with Crippen LogP contribution in [0.5, 0.6) is 0 Å². The lowest BCUT2D eigenvalue weighted by Gasteiger charge is -2.33. The smallest absolute Gasteiger partial charge is 0.388 e. The highest BCUT2D eigenvalue weighted by molar-refractivity contribution is 5.89. The molecule has 1 heterocycles. The molecule has 1 unspecified atom stereocenters. The Morgan fingerprint density at radius 2 is 2.08 bits per heavy atom. The minimum atomic E-state index is -4.20. The second-order valence-corrected chi connectivity index (χ2v) is 6.75. The van der Waals surface area contributed by atoms with Crippen molar-refractivity contribution in [2.45, 2.75) is 57.3 Å². The van der Waals surface area contributed by atoms with Crippen LogP contribution in [0, 0.1) is 0 Å². The number of hydrogen-bond acceptors (Lipinski definition) is 2. The average Bonchev–Trinajstić information content (AvgIpc) is 2.94. The molecule has 1 fully saturated rings. The number of anilines is 1. The van der Waals surface area contributed by atoms with Gasteiger partial charge in [-0.25, -0.2) is 4.79 Å². The molecule has 24 heavy (non-hydrogen) atoms. The van der Waals surface area contributed by atoms with E-state index in [0.717, 1.165) is 12.8 Å². The Bertz CT molecular complexity index is 582. The molecular formula is C17H23F3N2O2. The number of likely N-dealkylation sites (tertiary alicyclic amines) is 1. The quantitative estimate of drug-likeness (QED) is 0.869. The number of nitrogens with one attached hydrogen (secondary N) is 1. The van der Waals surface area contributed by atoms with Crippen molar-refractivity contribution < 1.29 is 23.1 Å². The van der Waals surface area contributed by atoms with Crippen LogP contribution in [0.3, 0.4) is 0 Å². The molecule has 0 radical (unpaired) electrons. The molecule has 2 N–H and O–H groups in total. The Morgan fingerprint density at radius 1 is 1.38 bits per heavy atom. The summed E-state index contributed by atoms with van der Waals surface area (Å²) in [5.74, 6) is 0. The van der Waals surface area contributed by atoms with Gasteiger partial charge in [0.25, 0.3) is 0 Å². The number of aliphatic hydroxyl groups is 1. The highest BCUT2D eigenvalue weighted by Gasteiger charge is 2.38. The van der Waals surface area contributed by atoms with Crippen molar-refractivity contribution in [1.82, 2.24) is 4.90 Å². The second kappa shape index (κ2) is 7.01. The molecule has 1 aliphatic heterocycles. The third-order valence-electron chi connectivity index (χ3n) is 4.20. The molecule has 2 rings (SSSR count). The zero-order valence-electron chi connectivity index (χ0n) is 13.9. The molecule has 1 aromatic carbocycles. The number of carbonyl (C=O) groups excluding carboxylic acids is 1. The van der Waals surface area contributed by atoms with E-state index in [1.54, 1.807) is 43.0 Å². The molecule has 1 aromatic rings. The van der Waals surface area contributed by atoms with Crippen LogP contribution in [0.2, 0.25) is 0 Å². The maximum Gasteiger partial charge on any atom is 0.389 e. The average molecular weight is 344 g/mol. The highest BCUT2D eigenvalue weighted by atomic mass is 19.4. The summed E-state index contributed by atoms with van der Waals surface area (Å²) < 4.78 is 36.9. The van der Waals surface area contributed by atoms with Crippen LogP contribution in [-0.4, -0.2) is 40.4 Å². The zero-order chi connectivity index (χ0) is 18.0. The number of carbonyl (C=O) groups is 1. The summed E-state index contributed by atoms with van der Waals surface area (Å²) in [6.45, 7) is 3.89. The van der Waals surface area contributed by atoms with Crippen LogP contribution in [-0.2, 0) is 6.42 Å². The maximum atomic E-state index is 12.4. The van der Waals surface area contributed by atoms with Crippen molar-refractivity contribution in [2.75, 3.05) is 11.9 Å². The molecule has 1 atom stereocenters. The van der Waals surface area contributed by atoms with Crippen molar-refractivity contribution in [1.29, 1.82) is 0 Å². The lowest BCUT2D eigenvalue weighted by Crippen LogP contribution is -2.49. The standard InChI is InChI=1S/C17H23F3N2O2/c1-16(2,24)14-7-4-10-22(14)15(23)21-13-6-3-5-12(11-13)8-9-17(18,19)20/h3,5-6,11,14,24H,4,7-10H2,1-2H3,(H,21,23). The maximum absolute atomic E-state index is 12.4. The Hall–Kier alpha value is -1.76. The van der Waals surface area contributed by atoms with Crippen molar-refractivity contribution in [3.8, 4) is 0 Å². The van der Waals surface area contributed by atoms with Gasteiger partial charge in [-0.1, -0.05) is 12.1 Å². The molecule has 1 saturated heterocycles. The molecule has 0 aromatic heterocycles. The summed E-state index contributed by atoms with van der Waals surface area (Å²) in [7, 11) is 0. The lowest BCUT2D eigenvalue weighted by atomic mass is 9.97. The van der Waals surface area contributed by atoms with Crippen molar-refractivity contribution in [2.24, 2.45) is 0 Å². The molecule has 2 amide bonds. The summed E-state index contributed by atoms with van der Waals surface area (Å²) in [5, 5.41) is 12.9. The van der Waals surface area contributed by atoms with E-state index in [9.17, 15) is 23.1 Å². The molecule has 7 heteroatoms. The first-order chi connectivity index (χ1) is 11.1. The number of aryl methyl sites for hydroxylation is 1. The topological polar surface area (TPSA) is 52.6 Å². The number of amides is 2. The predicted molar refractivity (Wildman–Crippen MR) is 85.9 cm³/mol. The highest BCUT2D eigenvalue weighted by Crippen LogP contribution is 2.28. The van der Waals surface area contributed by atoms with Crippen molar-refractivity contribution >= 4 is 11.7 Å². The molecule has 0 spiro atoms. The molecule has 134 valence electrons. The van der Waals surface area contributed by atoms with Gasteiger partial charge in [-0.05, 0) is 50.8 Å². The van der Waals surface area contributed by atoms with E-state index in [4.69, 9.17) is 0 Å². The van der Waals surface area contributed by atoms with Crippen LogP contribution >= 0.6 is 0 Å². The second-order valence-electron chi connectivity index (χ2n) is 6.75.